The van der Waals surface area contributed by atoms with Crippen LogP contribution in [0.4, 0.5) is 9.52 Å². The maximum Gasteiger partial charge on any atom is 0.244 e. The lowest BCUT2D eigenvalue weighted by Crippen LogP contribution is -2.36. The Morgan fingerprint density at radius 3 is 2.67 bits per heavy atom. The largest absolute Gasteiger partial charge is 0.375 e. The van der Waals surface area contributed by atoms with Crippen LogP contribution in [-0.2, 0) is 24.2 Å². The number of aromatic nitrogens is 4. The average molecular weight is 463 g/mol. The van der Waals surface area contributed by atoms with Gasteiger partial charge in [0.1, 0.15) is 18.1 Å². The van der Waals surface area contributed by atoms with Gasteiger partial charge in [-0.2, -0.15) is 5.10 Å². The zero-order valence-electron chi connectivity index (χ0n) is 18.2. The van der Waals surface area contributed by atoms with Crippen molar-refractivity contribution < 1.29 is 9.18 Å². The minimum Gasteiger partial charge on any atom is -0.375 e. The van der Waals surface area contributed by atoms with Gasteiger partial charge in [-0.3, -0.25) is 9.48 Å². The number of halogens is 1. The smallest absolute Gasteiger partial charge is 0.244 e. The fraction of sp³-hybridized carbons (Fsp3) is 0.250. The summed E-state index contributed by atoms with van der Waals surface area (Å²) in [5, 5.41) is 5.27. The number of nitrogens with two attached hydrogens (primary N) is 1. The zero-order valence-corrected chi connectivity index (χ0v) is 19.0. The van der Waals surface area contributed by atoms with Crippen LogP contribution in [0.15, 0.2) is 48.5 Å². The second-order valence-corrected chi connectivity index (χ2v) is 9.12. The van der Waals surface area contributed by atoms with Crippen LogP contribution in [0.3, 0.4) is 0 Å². The van der Waals surface area contributed by atoms with Gasteiger partial charge in [-0.1, -0.05) is 30.3 Å². The van der Waals surface area contributed by atoms with Crippen molar-refractivity contribution in [2.45, 2.75) is 26.3 Å². The van der Waals surface area contributed by atoms with Gasteiger partial charge in [-0.25, -0.2) is 14.4 Å². The maximum atomic E-state index is 13.7. The summed E-state index contributed by atoms with van der Waals surface area (Å²) in [6.07, 6.45) is 1.45. The lowest BCUT2D eigenvalue weighted by molar-refractivity contribution is -0.131. The van der Waals surface area contributed by atoms with Gasteiger partial charge in [0, 0.05) is 30.8 Å². The number of nitrogens with zero attached hydrogens (tertiary/aromatic N) is 5. The fourth-order valence-corrected chi connectivity index (χ4v) is 4.92. The molecule has 1 aliphatic heterocycles. The number of pyridine rings is 1. The Morgan fingerprint density at radius 2 is 1.88 bits per heavy atom. The Kier molecular flexibility index (Phi) is 5.63. The molecule has 1 amide bonds. The van der Waals surface area contributed by atoms with Gasteiger partial charge in [-0.05, 0) is 30.7 Å². The first-order chi connectivity index (χ1) is 16.0. The predicted molar refractivity (Wildman–Crippen MR) is 126 cm³/mol. The molecule has 9 heteroatoms. The first kappa shape index (κ1) is 21.3. The SMILES string of the molecule is Cc1nc(-c2cc(-c3ccccc3)n(CC(=O)N3CCc4nc(N)sc4CC3)n2)ccc1F. The van der Waals surface area contributed by atoms with Crippen LogP contribution >= 0.6 is 11.3 Å². The minimum atomic E-state index is -0.359. The number of anilines is 1. The summed E-state index contributed by atoms with van der Waals surface area (Å²) in [6.45, 7) is 2.95. The molecule has 0 aliphatic carbocycles. The van der Waals surface area contributed by atoms with E-state index in [1.54, 1.807) is 17.7 Å². The van der Waals surface area contributed by atoms with E-state index in [9.17, 15) is 9.18 Å². The van der Waals surface area contributed by atoms with Gasteiger partial charge in [0.15, 0.2) is 5.13 Å². The summed E-state index contributed by atoms with van der Waals surface area (Å²) in [5.74, 6) is -0.365. The van der Waals surface area contributed by atoms with Gasteiger partial charge < -0.3 is 10.6 Å². The highest BCUT2D eigenvalue weighted by atomic mass is 32.1. The highest BCUT2D eigenvalue weighted by Crippen LogP contribution is 2.27. The molecule has 0 fully saturated rings. The summed E-state index contributed by atoms with van der Waals surface area (Å²) in [5.41, 5.74) is 10.1. The number of hydrogen-bond acceptors (Lipinski definition) is 6. The molecular weight excluding hydrogens is 439 g/mol. The number of thiazole rings is 1. The summed E-state index contributed by atoms with van der Waals surface area (Å²) in [4.78, 5) is 25.0. The molecule has 7 nitrogen and oxygen atoms in total. The van der Waals surface area contributed by atoms with Crippen molar-refractivity contribution >= 4 is 22.4 Å². The van der Waals surface area contributed by atoms with Crippen molar-refractivity contribution in [3.8, 4) is 22.6 Å². The van der Waals surface area contributed by atoms with Gasteiger partial charge in [0.05, 0.1) is 22.8 Å². The Morgan fingerprint density at radius 1 is 1.09 bits per heavy atom. The summed E-state index contributed by atoms with van der Waals surface area (Å²) >= 11 is 1.50. The molecule has 0 atom stereocenters. The molecule has 0 saturated heterocycles. The van der Waals surface area contributed by atoms with Crippen LogP contribution in [0.2, 0.25) is 0 Å². The first-order valence-electron chi connectivity index (χ1n) is 10.8. The molecule has 5 rings (SSSR count). The van der Waals surface area contributed by atoms with Crippen molar-refractivity contribution in [3.63, 3.8) is 0 Å². The normalized spacial score (nSPS) is 13.6. The van der Waals surface area contributed by atoms with Crippen molar-refractivity contribution in [1.29, 1.82) is 0 Å². The van der Waals surface area contributed by atoms with E-state index in [1.165, 1.54) is 17.4 Å². The molecule has 1 aromatic carbocycles. The number of carbonyl (C=O) groups is 1. The number of benzene rings is 1. The third-order valence-electron chi connectivity index (χ3n) is 5.79. The van der Waals surface area contributed by atoms with E-state index >= 15 is 0 Å². The monoisotopic (exact) mass is 462 g/mol. The number of aryl methyl sites for hydroxylation is 1. The molecule has 0 bridgehead atoms. The number of rotatable bonds is 4. The van der Waals surface area contributed by atoms with E-state index in [0.717, 1.165) is 28.2 Å². The van der Waals surface area contributed by atoms with E-state index in [-0.39, 0.29) is 18.3 Å². The zero-order chi connectivity index (χ0) is 22.9. The van der Waals surface area contributed by atoms with Crippen LogP contribution in [0.25, 0.3) is 22.6 Å². The quantitative estimate of drug-likeness (QED) is 0.499. The number of nitrogen functional groups attached to an aromatic ring is 1. The first-order valence-corrected chi connectivity index (χ1v) is 11.6. The van der Waals surface area contributed by atoms with E-state index in [1.807, 2.05) is 41.3 Å². The molecule has 0 radical (unpaired) electrons. The molecule has 0 saturated carbocycles. The Bertz CT molecular complexity index is 1290. The second kappa shape index (κ2) is 8.74. The molecular formula is C24H23FN6OS. The van der Waals surface area contributed by atoms with Crippen molar-refractivity contribution in [2.24, 2.45) is 0 Å². The Hall–Kier alpha value is -3.59. The maximum absolute atomic E-state index is 13.7. The van der Waals surface area contributed by atoms with Crippen LogP contribution in [0, 0.1) is 12.7 Å². The Balaban J connectivity index is 1.42. The predicted octanol–water partition coefficient (Wildman–Crippen LogP) is 3.73. The lowest BCUT2D eigenvalue weighted by Gasteiger charge is -2.20. The molecule has 4 heterocycles. The summed E-state index contributed by atoms with van der Waals surface area (Å²) in [7, 11) is 0. The van der Waals surface area contributed by atoms with Gasteiger partial charge in [-0.15, -0.1) is 11.3 Å². The molecule has 33 heavy (non-hydrogen) atoms. The average Bonchev–Trinajstić information content (AvgIpc) is 3.33. The summed E-state index contributed by atoms with van der Waals surface area (Å²) < 4.78 is 15.4. The van der Waals surface area contributed by atoms with E-state index in [4.69, 9.17) is 5.73 Å². The number of hydrogen-bond donors (Lipinski definition) is 1. The van der Waals surface area contributed by atoms with Crippen molar-refractivity contribution in [3.05, 3.63) is 70.6 Å². The summed E-state index contributed by atoms with van der Waals surface area (Å²) in [6, 6.07) is 14.7. The highest BCUT2D eigenvalue weighted by Gasteiger charge is 2.23. The minimum absolute atomic E-state index is 0.00629. The molecule has 2 N–H and O–H groups in total. The second-order valence-electron chi connectivity index (χ2n) is 8.00. The lowest BCUT2D eigenvalue weighted by atomic mass is 10.1. The van der Waals surface area contributed by atoms with E-state index in [2.05, 4.69) is 15.1 Å². The van der Waals surface area contributed by atoms with E-state index < -0.39 is 0 Å². The fourth-order valence-electron chi connectivity index (χ4n) is 4.05. The van der Waals surface area contributed by atoms with E-state index in [0.29, 0.717) is 41.7 Å². The topological polar surface area (TPSA) is 89.9 Å². The number of amides is 1. The number of carbonyl (C=O) groups excluding carboxylic acids is 1. The Labute approximate surface area is 194 Å². The van der Waals surface area contributed by atoms with Crippen LogP contribution in [-0.4, -0.2) is 43.6 Å². The van der Waals surface area contributed by atoms with Crippen LogP contribution < -0.4 is 5.73 Å². The van der Waals surface area contributed by atoms with Crippen LogP contribution in [0.5, 0.6) is 0 Å². The molecule has 0 unspecified atom stereocenters. The van der Waals surface area contributed by atoms with Crippen molar-refractivity contribution in [1.82, 2.24) is 24.6 Å². The standard InChI is InChI=1S/C24H23FN6OS/c1-15-17(25)7-8-18(27-15)20-13-21(16-5-3-2-4-6-16)31(29-20)14-23(32)30-11-9-19-22(10-12-30)33-24(26)28-19/h2-8,13H,9-12,14H2,1H3,(H2,26,28). The van der Waals surface area contributed by atoms with Gasteiger partial charge in [0.2, 0.25) is 5.91 Å². The highest BCUT2D eigenvalue weighted by molar-refractivity contribution is 7.15. The van der Waals surface area contributed by atoms with Crippen LogP contribution in [0.1, 0.15) is 16.3 Å². The van der Waals surface area contributed by atoms with Gasteiger partial charge in [0.25, 0.3) is 0 Å². The molecule has 0 spiro atoms. The third-order valence-corrected chi connectivity index (χ3v) is 6.78. The molecule has 4 aromatic rings. The molecule has 168 valence electrons. The number of fused-ring (bicyclic) bond motifs is 1. The molecule has 1 aliphatic rings. The van der Waals surface area contributed by atoms with Crippen molar-refractivity contribution in [2.75, 3.05) is 18.8 Å². The third kappa shape index (κ3) is 4.36. The van der Waals surface area contributed by atoms with Gasteiger partial charge >= 0.3 is 0 Å². The molecule has 3 aromatic heterocycles.